The summed E-state index contributed by atoms with van der Waals surface area (Å²) in [7, 11) is 0. The van der Waals surface area contributed by atoms with Gasteiger partial charge in [-0.3, -0.25) is 14.6 Å². The molecular weight excluding hydrogens is 457 g/mol. The van der Waals surface area contributed by atoms with Crippen molar-refractivity contribution in [1.82, 2.24) is 0 Å². The number of halogens is 2. The molecule has 2 amide bonds. The van der Waals surface area contributed by atoms with Gasteiger partial charge < -0.3 is 9.80 Å². The highest BCUT2D eigenvalue weighted by Gasteiger charge is 2.29. The molecule has 0 spiro atoms. The van der Waals surface area contributed by atoms with Crippen LogP contribution < -0.4 is 9.80 Å². The van der Waals surface area contributed by atoms with Crippen molar-refractivity contribution in [2.45, 2.75) is 13.8 Å². The Morgan fingerprint density at radius 2 is 1.82 bits per heavy atom. The van der Waals surface area contributed by atoms with E-state index >= 15 is 0 Å². The first-order chi connectivity index (χ1) is 15.9. The Bertz CT molecular complexity index is 1260. The topological polar surface area (TPSA) is 53.0 Å². The summed E-state index contributed by atoms with van der Waals surface area (Å²) in [5.41, 5.74) is 4.38. The van der Waals surface area contributed by atoms with Crippen LogP contribution in [0.1, 0.15) is 23.6 Å². The van der Waals surface area contributed by atoms with Crippen molar-refractivity contribution in [3.05, 3.63) is 93.5 Å². The molecule has 0 bridgehead atoms. The van der Waals surface area contributed by atoms with E-state index in [1.54, 1.807) is 29.2 Å². The highest BCUT2D eigenvalue weighted by molar-refractivity contribution is 6.37. The van der Waals surface area contributed by atoms with Gasteiger partial charge in [-0.25, -0.2) is 0 Å². The number of benzene rings is 3. The van der Waals surface area contributed by atoms with E-state index in [0.29, 0.717) is 39.1 Å². The van der Waals surface area contributed by atoms with E-state index < -0.39 is 0 Å². The number of likely N-dealkylation sites (N-methyl/N-ethyl adjacent to an activating group) is 1. The van der Waals surface area contributed by atoms with Crippen molar-refractivity contribution in [3.63, 3.8) is 0 Å². The second-order valence-electron chi connectivity index (χ2n) is 7.76. The maximum atomic E-state index is 13.3. The second kappa shape index (κ2) is 9.77. The number of anilines is 2. The number of hydrogen-bond acceptors (Lipinski definition) is 3. The largest absolute Gasteiger partial charge is 0.311 e. The van der Waals surface area contributed by atoms with Crippen LogP contribution in [0.4, 0.5) is 11.4 Å². The third kappa shape index (κ3) is 4.80. The fourth-order valence-corrected chi connectivity index (χ4v) is 4.36. The SMILES string of the molecule is CCN(C(=O)CN1C(=O)CN=C(c2ccccc2Cl)c2cc(Cl)ccc21)c1cccc(C)c1. The van der Waals surface area contributed by atoms with Crippen LogP contribution in [0.2, 0.25) is 10.0 Å². The van der Waals surface area contributed by atoms with E-state index in [0.717, 1.165) is 11.3 Å². The zero-order valence-corrected chi connectivity index (χ0v) is 19.9. The molecule has 3 aromatic carbocycles. The number of aryl methyl sites for hydroxylation is 1. The van der Waals surface area contributed by atoms with Gasteiger partial charge >= 0.3 is 0 Å². The Balaban J connectivity index is 1.73. The lowest BCUT2D eigenvalue weighted by Gasteiger charge is -2.27. The van der Waals surface area contributed by atoms with Crippen LogP contribution in [0.3, 0.4) is 0 Å². The minimum atomic E-state index is -0.269. The maximum absolute atomic E-state index is 13.3. The third-order valence-corrected chi connectivity index (χ3v) is 6.10. The van der Waals surface area contributed by atoms with E-state index in [1.807, 2.05) is 56.3 Å². The van der Waals surface area contributed by atoms with Gasteiger partial charge in [0.2, 0.25) is 11.8 Å². The Hall–Kier alpha value is -3.15. The molecule has 0 radical (unpaired) electrons. The fraction of sp³-hybridized carbons (Fsp3) is 0.192. The molecule has 33 heavy (non-hydrogen) atoms. The van der Waals surface area contributed by atoms with Crippen molar-refractivity contribution in [2.75, 3.05) is 29.4 Å². The molecule has 3 aromatic rings. The first-order valence-corrected chi connectivity index (χ1v) is 11.4. The summed E-state index contributed by atoms with van der Waals surface area (Å²) in [6.07, 6.45) is 0. The van der Waals surface area contributed by atoms with Crippen LogP contribution in [0.15, 0.2) is 71.7 Å². The molecular formula is C26H23Cl2N3O2. The molecule has 0 unspecified atom stereocenters. The summed E-state index contributed by atoms with van der Waals surface area (Å²) >= 11 is 12.8. The molecule has 168 valence electrons. The summed E-state index contributed by atoms with van der Waals surface area (Å²) in [4.78, 5) is 34.2. The molecule has 1 heterocycles. The number of carbonyl (C=O) groups excluding carboxylic acids is 2. The zero-order chi connectivity index (χ0) is 23.5. The molecule has 0 N–H and O–H groups in total. The van der Waals surface area contributed by atoms with Gasteiger partial charge in [0.25, 0.3) is 0 Å². The van der Waals surface area contributed by atoms with Crippen LogP contribution in [0.5, 0.6) is 0 Å². The van der Waals surface area contributed by atoms with Crippen molar-refractivity contribution in [3.8, 4) is 0 Å². The van der Waals surface area contributed by atoms with Gasteiger partial charge in [0.15, 0.2) is 0 Å². The first kappa shape index (κ1) is 23.0. The van der Waals surface area contributed by atoms with E-state index in [1.165, 1.54) is 4.90 Å². The van der Waals surface area contributed by atoms with Gasteiger partial charge in [-0.05, 0) is 55.8 Å². The quantitative estimate of drug-likeness (QED) is 0.482. The summed E-state index contributed by atoms with van der Waals surface area (Å²) in [5.74, 6) is -0.451. The fourth-order valence-electron chi connectivity index (χ4n) is 3.96. The minimum Gasteiger partial charge on any atom is -0.311 e. The molecule has 0 saturated heterocycles. The number of nitrogens with zero attached hydrogens (tertiary/aromatic N) is 3. The number of hydrogen-bond donors (Lipinski definition) is 0. The van der Waals surface area contributed by atoms with Gasteiger partial charge in [-0.1, -0.05) is 53.5 Å². The lowest BCUT2D eigenvalue weighted by molar-refractivity contribution is -0.121. The average molecular weight is 480 g/mol. The smallest absolute Gasteiger partial charge is 0.249 e. The van der Waals surface area contributed by atoms with Crippen molar-refractivity contribution >= 4 is 52.1 Å². The molecule has 0 saturated carbocycles. The molecule has 0 atom stereocenters. The Morgan fingerprint density at radius 3 is 2.55 bits per heavy atom. The van der Waals surface area contributed by atoms with Crippen LogP contribution in [-0.2, 0) is 9.59 Å². The van der Waals surface area contributed by atoms with E-state index in [-0.39, 0.29) is 24.9 Å². The molecule has 4 rings (SSSR count). The second-order valence-corrected chi connectivity index (χ2v) is 8.61. The normalized spacial score (nSPS) is 13.3. The summed E-state index contributed by atoms with van der Waals surface area (Å²) in [6.45, 7) is 4.17. The summed E-state index contributed by atoms with van der Waals surface area (Å²) < 4.78 is 0. The van der Waals surface area contributed by atoms with Crippen molar-refractivity contribution < 1.29 is 9.59 Å². The predicted octanol–water partition coefficient (Wildman–Crippen LogP) is 5.54. The lowest BCUT2D eigenvalue weighted by Crippen LogP contribution is -2.44. The minimum absolute atomic E-state index is 0.100. The number of aliphatic imine (C=N–C) groups is 1. The molecule has 0 aliphatic carbocycles. The van der Waals surface area contributed by atoms with E-state index in [2.05, 4.69) is 4.99 Å². The lowest BCUT2D eigenvalue weighted by atomic mass is 10.00. The first-order valence-electron chi connectivity index (χ1n) is 10.7. The number of amides is 2. The van der Waals surface area contributed by atoms with Crippen molar-refractivity contribution in [1.29, 1.82) is 0 Å². The van der Waals surface area contributed by atoms with E-state index in [9.17, 15) is 9.59 Å². The van der Waals surface area contributed by atoms with Crippen molar-refractivity contribution in [2.24, 2.45) is 4.99 Å². The molecule has 0 aromatic heterocycles. The summed E-state index contributed by atoms with van der Waals surface area (Å²) in [5, 5.41) is 1.03. The molecule has 1 aliphatic heterocycles. The van der Waals surface area contributed by atoms with Gasteiger partial charge in [0.05, 0.1) is 11.4 Å². The third-order valence-electron chi connectivity index (χ3n) is 5.53. The number of carbonyl (C=O) groups is 2. The molecule has 1 aliphatic rings. The maximum Gasteiger partial charge on any atom is 0.249 e. The van der Waals surface area contributed by atoms with Gasteiger partial charge in [0.1, 0.15) is 13.1 Å². The Kier molecular flexibility index (Phi) is 6.82. The number of rotatable bonds is 5. The highest BCUT2D eigenvalue weighted by atomic mass is 35.5. The standard InChI is InChI=1S/C26H23Cl2N3O2/c1-3-30(19-8-6-7-17(2)13-19)25(33)16-31-23-12-11-18(27)14-21(23)26(29-15-24(31)32)20-9-4-5-10-22(20)28/h4-14H,3,15-16H2,1-2H3. The number of benzodiazepines with no additional fused rings is 1. The van der Waals surface area contributed by atoms with E-state index in [4.69, 9.17) is 23.2 Å². The summed E-state index contributed by atoms with van der Waals surface area (Å²) in [6, 6.07) is 20.3. The van der Waals surface area contributed by atoms with Gasteiger partial charge in [-0.15, -0.1) is 0 Å². The Labute approximate surface area is 203 Å². The van der Waals surface area contributed by atoms with Crippen LogP contribution in [0.25, 0.3) is 0 Å². The van der Waals surface area contributed by atoms with Crippen LogP contribution in [-0.4, -0.2) is 37.2 Å². The van der Waals surface area contributed by atoms with Crippen LogP contribution in [0, 0.1) is 6.92 Å². The number of fused-ring (bicyclic) bond motifs is 1. The predicted molar refractivity (Wildman–Crippen MR) is 135 cm³/mol. The van der Waals surface area contributed by atoms with Gasteiger partial charge in [-0.2, -0.15) is 0 Å². The molecule has 0 fully saturated rings. The van der Waals surface area contributed by atoms with Gasteiger partial charge in [0, 0.05) is 33.4 Å². The van der Waals surface area contributed by atoms with Crippen LogP contribution >= 0.6 is 23.2 Å². The highest BCUT2D eigenvalue weighted by Crippen LogP contribution is 2.32. The monoisotopic (exact) mass is 479 g/mol. The molecule has 7 heteroatoms. The molecule has 5 nitrogen and oxygen atoms in total. The zero-order valence-electron chi connectivity index (χ0n) is 18.4. The Morgan fingerprint density at radius 1 is 1.03 bits per heavy atom. The average Bonchev–Trinajstić information content (AvgIpc) is 2.91.